The van der Waals surface area contributed by atoms with Crippen LogP contribution in [0.2, 0.25) is 13.1 Å². The topological polar surface area (TPSA) is 12.5 Å². The molecule has 0 amide bonds. The summed E-state index contributed by atoms with van der Waals surface area (Å²) in [6, 6.07) is 30.7. The maximum absolute atomic E-state index is 6.88. The van der Waals surface area contributed by atoms with Crippen LogP contribution in [0.1, 0.15) is 105 Å². The molecule has 1 atom stereocenters. The van der Waals surface area contributed by atoms with Gasteiger partial charge in [0.05, 0.1) is 8.07 Å². The van der Waals surface area contributed by atoms with Gasteiger partial charge in [-0.1, -0.05) is 138 Å². The number of ether oxygens (including phenoxy) is 1. The lowest BCUT2D eigenvalue weighted by Gasteiger charge is -2.35. The molecule has 3 aliphatic rings. The van der Waals surface area contributed by atoms with Crippen molar-refractivity contribution >= 4 is 19.0 Å². The lowest BCUT2D eigenvalue weighted by molar-refractivity contribution is 0.367. The molecule has 50 heavy (non-hydrogen) atoms. The molecule has 0 N–H and O–H groups in total. The largest absolute Gasteiger partial charge is 0.489 e. The van der Waals surface area contributed by atoms with Crippen LogP contribution in [0.4, 0.5) is 0 Å². The van der Waals surface area contributed by atoms with E-state index in [0.717, 1.165) is 18.8 Å². The van der Waals surface area contributed by atoms with E-state index in [0.29, 0.717) is 12.1 Å². The van der Waals surface area contributed by atoms with Crippen molar-refractivity contribution < 1.29 is 4.74 Å². The Bertz CT molecular complexity index is 1920. The highest BCUT2D eigenvalue weighted by Gasteiger charge is 2.46. The van der Waals surface area contributed by atoms with E-state index in [1.165, 1.54) is 112 Å². The van der Waals surface area contributed by atoms with Gasteiger partial charge in [0.15, 0.2) is 0 Å². The highest BCUT2D eigenvalue weighted by atomic mass is 28.3. The van der Waals surface area contributed by atoms with Crippen LogP contribution in [0.3, 0.4) is 0 Å². The Hall–Kier alpha value is -3.82. The normalized spacial score (nSPS) is 17.6. The summed E-state index contributed by atoms with van der Waals surface area (Å²) in [5.74, 6) is 1.07. The molecule has 0 aromatic heterocycles. The van der Waals surface area contributed by atoms with Crippen molar-refractivity contribution in [1.82, 2.24) is 4.90 Å². The predicted octanol–water partition coefficient (Wildman–Crippen LogP) is 12.0. The molecule has 1 saturated heterocycles. The Kier molecular flexibility index (Phi) is 9.74. The van der Waals surface area contributed by atoms with Gasteiger partial charge in [-0.15, -0.1) is 0 Å². The van der Waals surface area contributed by atoms with Crippen molar-refractivity contribution in [3.05, 3.63) is 125 Å². The molecule has 1 aliphatic heterocycles. The molecule has 0 radical (unpaired) electrons. The van der Waals surface area contributed by atoms with E-state index in [-0.39, 0.29) is 5.41 Å². The van der Waals surface area contributed by atoms with Gasteiger partial charge >= 0.3 is 0 Å². The number of unbranched alkanes of at least 4 members (excludes halogenated alkanes) is 2. The number of allylic oxidation sites excluding steroid dienone is 1. The quantitative estimate of drug-likeness (QED) is 0.103. The van der Waals surface area contributed by atoms with E-state index in [1.54, 1.807) is 5.57 Å². The number of nitrogens with zero attached hydrogens (tertiary/aromatic N) is 1. The third kappa shape index (κ3) is 5.70. The lowest BCUT2D eigenvalue weighted by atomic mass is 9.70. The van der Waals surface area contributed by atoms with Gasteiger partial charge in [-0.05, 0) is 95.8 Å². The predicted molar refractivity (Wildman–Crippen MR) is 217 cm³/mol. The smallest absolute Gasteiger partial charge is 0.126 e. The van der Waals surface area contributed by atoms with Gasteiger partial charge in [-0.3, -0.25) is 0 Å². The van der Waals surface area contributed by atoms with E-state index >= 15 is 0 Å². The summed E-state index contributed by atoms with van der Waals surface area (Å²) < 4.78 is 6.88. The zero-order valence-corrected chi connectivity index (χ0v) is 32.5. The fourth-order valence-electron chi connectivity index (χ4n) is 10.0. The number of likely N-dealkylation sites (tertiary alicyclic amines) is 1. The van der Waals surface area contributed by atoms with Gasteiger partial charge in [0.2, 0.25) is 0 Å². The maximum atomic E-state index is 6.88. The number of hydrogen-bond donors (Lipinski definition) is 0. The summed E-state index contributed by atoms with van der Waals surface area (Å²) in [6.07, 6.45) is 11.8. The molecule has 0 saturated carbocycles. The second-order valence-corrected chi connectivity index (χ2v) is 20.4. The molecule has 0 bridgehead atoms. The third-order valence-corrected chi connectivity index (χ3v) is 16.2. The summed E-state index contributed by atoms with van der Waals surface area (Å²) in [5.41, 5.74) is 16.2. The van der Waals surface area contributed by atoms with Crippen molar-refractivity contribution in [2.24, 2.45) is 0 Å². The van der Waals surface area contributed by atoms with Gasteiger partial charge < -0.3 is 9.64 Å². The molecule has 1 unspecified atom stereocenters. The average molecular weight is 680 g/mol. The first-order valence-electron chi connectivity index (χ1n) is 19.5. The minimum Gasteiger partial charge on any atom is -0.489 e. The fourth-order valence-corrected chi connectivity index (χ4v) is 14.0. The minimum absolute atomic E-state index is 0.0538. The minimum atomic E-state index is -2.22. The van der Waals surface area contributed by atoms with Crippen molar-refractivity contribution in [1.29, 1.82) is 0 Å². The van der Waals surface area contributed by atoms with Gasteiger partial charge in [-0.25, -0.2) is 0 Å². The van der Waals surface area contributed by atoms with E-state index in [9.17, 15) is 0 Å². The van der Waals surface area contributed by atoms with Crippen molar-refractivity contribution in [2.45, 2.75) is 103 Å². The van der Waals surface area contributed by atoms with Crippen LogP contribution in [0.5, 0.6) is 5.75 Å². The highest BCUT2D eigenvalue weighted by Crippen LogP contribution is 2.55. The Morgan fingerprint density at radius 2 is 1.46 bits per heavy atom. The van der Waals surface area contributed by atoms with Crippen LogP contribution in [0.25, 0.3) is 28.0 Å². The number of rotatable bonds is 13. The Morgan fingerprint density at radius 3 is 2.16 bits per heavy atom. The molecule has 7 rings (SSSR count). The van der Waals surface area contributed by atoms with Gasteiger partial charge in [0, 0.05) is 40.9 Å². The molecule has 260 valence electrons. The van der Waals surface area contributed by atoms with Crippen LogP contribution < -0.4 is 9.92 Å². The summed E-state index contributed by atoms with van der Waals surface area (Å²) in [6.45, 7) is 21.5. The Balaban J connectivity index is 1.41. The molecular weight excluding hydrogens is 623 g/mol. The van der Waals surface area contributed by atoms with Gasteiger partial charge in [-0.2, -0.15) is 0 Å². The molecule has 1 fully saturated rings. The zero-order chi connectivity index (χ0) is 35.0. The number of benzene rings is 4. The number of hydrogen-bond acceptors (Lipinski definition) is 2. The first kappa shape index (κ1) is 34.6. The SMILES string of the molecule is C=CCOc1c(-c2ccc3c(c2)C(CCCC)(CCCC)c2ccccc2-3)cc(C)cc1[Si](C)(C)C1C(C)=C(N2CCCC2)c2ccccc21. The zero-order valence-electron chi connectivity index (χ0n) is 31.5. The van der Waals surface area contributed by atoms with Crippen LogP contribution in [0, 0.1) is 6.92 Å². The second-order valence-electron chi connectivity index (χ2n) is 15.9. The average Bonchev–Trinajstić information content (AvgIpc) is 3.83. The Morgan fingerprint density at radius 1 is 0.800 bits per heavy atom. The summed E-state index contributed by atoms with van der Waals surface area (Å²) in [5, 5.41) is 1.42. The van der Waals surface area contributed by atoms with E-state index in [1.807, 2.05) is 6.08 Å². The fraction of sp³-hybridized carbons (Fsp3) is 0.404. The monoisotopic (exact) mass is 679 g/mol. The van der Waals surface area contributed by atoms with Crippen molar-refractivity contribution in [3.8, 4) is 28.0 Å². The molecule has 4 aromatic carbocycles. The molecular formula is C47H57NOSi. The lowest BCUT2D eigenvalue weighted by Crippen LogP contribution is -2.48. The second kappa shape index (κ2) is 14.1. The van der Waals surface area contributed by atoms with Crippen LogP contribution in [0.15, 0.2) is 97.1 Å². The maximum Gasteiger partial charge on any atom is 0.126 e. The first-order valence-corrected chi connectivity index (χ1v) is 22.5. The summed E-state index contributed by atoms with van der Waals surface area (Å²) >= 11 is 0. The molecule has 1 heterocycles. The van der Waals surface area contributed by atoms with Crippen molar-refractivity contribution in [3.63, 3.8) is 0 Å². The van der Waals surface area contributed by atoms with Gasteiger partial charge in [0.1, 0.15) is 12.4 Å². The molecule has 4 aromatic rings. The highest BCUT2D eigenvalue weighted by molar-refractivity contribution is 6.92. The summed E-state index contributed by atoms with van der Waals surface area (Å²) in [4.78, 5) is 2.67. The van der Waals surface area contributed by atoms with E-state index < -0.39 is 8.07 Å². The molecule has 2 aliphatic carbocycles. The molecule has 3 heteroatoms. The first-order chi connectivity index (χ1) is 24.3. The van der Waals surface area contributed by atoms with Crippen LogP contribution in [-0.2, 0) is 5.41 Å². The van der Waals surface area contributed by atoms with E-state index in [2.05, 4.69) is 131 Å². The molecule has 2 nitrogen and oxygen atoms in total. The standard InChI is InChI=1S/C47H57NOSi/c1-8-11-25-47(26-12-9-2)41-22-16-15-19-36(41)37-24-23-35(32-42(37)47)40-30-33(4)31-43(45(40)49-29-10-3)50(6,7)46-34(5)44(48-27-17-18-28-48)38-20-13-14-21-39(38)46/h10,13-16,19-24,30-32,46H,3,8-9,11-12,17-18,25-29H2,1-2,4-7H3. The van der Waals surface area contributed by atoms with Crippen LogP contribution in [-0.4, -0.2) is 32.7 Å². The van der Waals surface area contributed by atoms with E-state index in [4.69, 9.17) is 4.74 Å². The molecule has 0 spiro atoms. The summed E-state index contributed by atoms with van der Waals surface area (Å²) in [7, 11) is -2.22. The van der Waals surface area contributed by atoms with Crippen LogP contribution >= 0.6 is 0 Å². The number of fused-ring (bicyclic) bond motifs is 4. The Labute approximate surface area is 303 Å². The van der Waals surface area contributed by atoms with Gasteiger partial charge in [0.25, 0.3) is 0 Å². The number of aryl methyl sites for hydroxylation is 1. The van der Waals surface area contributed by atoms with Crippen molar-refractivity contribution in [2.75, 3.05) is 19.7 Å². The third-order valence-electron chi connectivity index (χ3n) is 12.2.